The fourth-order valence-corrected chi connectivity index (χ4v) is 4.04. The maximum Gasteiger partial charge on any atom is 0.220 e. The van der Waals surface area contributed by atoms with Crippen molar-refractivity contribution in [3.63, 3.8) is 0 Å². The standard InChI is InChI=1S/C22H41NO5/c1-2-3-6-9-17(25)12-13-19-18(20(26)16-21(19)27)10-7-4-5-8-11-22(28)23-14-15-24/h12-13,17-21,24-27H,2-11,14-16H2,1H3,(H,23,28)/b13-12+/t17-,18+,19+,20-,21+/m0/s1. The summed E-state index contributed by atoms with van der Waals surface area (Å²) in [7, 11) is 0. The summed E-state index contributed by atoms with van der Waals surface area (Å²) in [5, 5.41) is 42.0. The lowest BCUT2D eigenvalue weighted by Gasteiger charge is -2.21. The van der Waals surface area contributed by atoms with Crippen LogP contribution in [0.3, 0.4) is 0 Å². The number of carbonyl (C=O) groups excluding carboxylic acids is 1. The highest BCUT2D eigenvalue weighted by Gasteiger charge is 2.39. The highest BCUT2D eigenvalue weighted by molar-refractivity contribution is 5.75. The van der Waals surface area contributed by atoms with E-state index in [1.807, 2.05) is 6.08 Å². The Kier molecular flexibility index (Phi) is 13.4. The Morgan fingerprint density at radius 3 is 2.57 bits per heavy atom. The number of amides is 1. The molecule has 164 valence electrons. The van der Waals surface area contributed by atoms with Crippen LogP contribution in [0, 0.1) is 11.8 Å². The van der Waals surface area contributed by atoms with Gasteiger partial charge in [0.15, 0.2) is 0 Å². The average Bonchev–Trinajstić information content (AvgIpc) is 2.94. The van der Waals surface area contributed by atoms with Gasteiger partial charge in [0.05, 0.1) is 24.9 Å². The van der Waals surface area contributed by atoms with Crippen molar-refractivity contribution in [1.29, 1.82) is 0 Å². The molecular weight excluding hydrogens is 358 g/mol. The van der Waals surface area contributed by atoms with Crippen molar-refractivity contribution >= 4 is 5.91 Å². The van der Waals surface area contributed by atoms with Crippen LogP contribution in [0.4, 0.5) is 0 Å². The summed E-state index contributed by atoms with van der Waals surface area (Å²) < 4.78 is 0. The molecule has 0 heterocycles. The molecule has 0 aromatic rings. The molecule has 5 N–H and O–H groups in total. The number of rotatable bonds is 15. The summed E-state index contributed by atoms with van der Waals surface area (Å²) in [5.74, 6) is -0.0897. The van der Waals surface area contributed by atoms with Gasteiger partial charge < -0.3 is 25.7 Å². The van der Waals surface area contributed by atoms with Crippen molar-refractivity contribution in [2.24, 2.45) is 11.8 Å². The number of aliphatic hydroxyl groups is 4. The summed E-state index contributed by atoms with van der Waals surface area (Å²) in [6.45, 7) is 2.41. The van der Waals surface area contributed by atoms with Crippen LogP contribution >= 0.6 is 0 Å². The fraction of sp³-hybridized carbons (Fsp3) is 0.864. The minimum absolute atomic E-state index is 0.0221. The van der Waals surface area contributed by atoms with Gasteiger partial charge in [0.2, 0.25) is 5.91 Å². The molecule has 6 heteroatoms. The summed E-state index contributed by atoms with van der Waals surface area (Å²) in [6, 6.07) is 0. The number of hydrogen-bond acceptors (Lipinski definition) is 5. The van der Waals surface area contributed by atoms with E-state index in [2.05, 4.69) is 12.2 Å². The first-order valence-corrected chi connectivity index (χ1v) is 11.1. The summed E-state index contributed by atoms with van der Waals surface area (Å²) in [5.41, 5.74) is 0. The molecular formula is C22H41NO5. The molecule has 0 aromatic heterocycles. The lowest BCUT2D eigenvalue weighted by Crippen LogP contribution is -2.25. The van der Waals surface area contributed by atoms with Gasteiger partial charge in [-0.25, -0.2) is 0 Å². The van der Waals surface area contributed by atoms with Gasteiger partial charge in [0.1, 0.15) is 0 Å². The third-order valence-electron chi connectivity index (χ3n) is 5.70. The van der Waals surface area contributed by atoms with Crippen molar-refractivity contribution in [2.45, 2.75) is 95.9 Å². The molecule has 1 amide bonds. The highest BCUT2D eigenvalue weighted by Crippen LogP contribution is 2.37. The van der Waals surface area contributed by atoms with Crippen molar-refractivity contribution in [2.75, 3.05) is 13.2 Å². The Morgan fingerprint density at radius 1 is 1.11 bits per heavy atom. The molecule has 0 aliphatic heterocycles. The molecule has 0 bridgehead atoms. The van der Waals surface area contributed by atoms with Gasteiger partial charge in [-0.1, -0.05) is 57.6 Å². The Hall–Kier alpha value is -0.950. The number of hydrogen-bond donors (Lipinski definition) is 5. The molecule has 1 aliphatic rings. The molecule has 1 saturated carbocycles. The molecule has 1 rings (SSSR count). The number of carbonyl (C=O) groups is 1. The van der Waals surface area contributed by atoms with Gasteiger partial charge in [-0.2, -0.15) is 0 Å². The maximum absolute atomic E-state index is 11.5. The van der Waals surface area contributed by atoms with E-state index in [0.29, 0.717) is 19.4 Å². The van der Waals surface area contributed by atoms with Crippen molar-refractivity contribution < 1.29 is 25.2 Å². The molecule has 1 fully saturated rings. The average molecular weight is 400 g/mol. The highest BCUT2D eigenvalue weighted by atomic mass is 16.3. The SMILES string of the molecule is CCCCC[C@H](O)/C=C/[C@@H]1[C@@H](CCCCCCC(=O)NCCO)[C@@H](O)C[C@H]1O. The van der Waals surface area contributed by atoms with Crippen LogP contribution in [0.15, 0.2) is 12.2 Å². The van der Waals surface area contributed by atoms with E-state index in [0.717, 1.165) is 57.8 Å². The monoisotopic (exact) mass is 399 g/mol. The fourth-order valence-electron chi connectivity index (χ4n) is 4.04. The molecule has 5 atom stereocenters. The third kappa shape index (κ3) is 10.0. The minimum Gasteiger partial charge on any atom is -0.395 e. The topological polar surface area (TPSA) is 110 Å². The predicted octanol–water partition coefficient (Wildman–Crippen LogP) is 2.29. The predicted molar refractivity (Wildman–Crippen MR) is 111 cm³/mol. The van der Waals surface area contributed by atoms with Crippen LogP contribution in [0.5, 0.6) is 0 Å². The summed E-state index contributed by atoms with van der Waals surface area (Å²) >= 11 is 0. The van der Waals surface area contributed by atoms with Gasteiger partial charge in [-0.05, 0) is 25.2 Å². The molecule has 0 radical (unpaired) electrons. The number of nitrogens with one attached hydrogen (secondary N) is 1. The Morgan fingerprint density at radius 2 is 1.86 bits per heavy atom. The smallest absolute Gasteiger partial charge is 0.220 e. The number of aliphatic hydroxyl groups excluding tert-OH is 4. The van der Waals surface area contributed by atoms with E-state index in [1.54, 1.807) is 6.08 Å². The van der Waals surface area contributed by atoms with E-state index in [1.165, 1.54) is 0 Å². The Labute approximate surface area is 170 Å². The maximum atomic E-state index is 11.5. The largest absolute Gasteiger partial charge is 0.395 e. The van der Waals surface area contributed by atoms with Gasteiger partial charge in [0, 0.05) is 25.3 Å². The molecule has 1 aliphatic carbocycles. The normalized spacial score (nSPS) is 26.0. The molecule has 28 heavy (non-hydrogen) atoms. The first kappa shape index (κ1) is 25.1. The Bertz CT molecular complexity index is 443. The van der Waals surface area contributed by atoms with E-state index in [9.17, 15) is 20.1 Å². The van der Waals surface area contributed by atoms with Crippen LogP contribution < -0.4 is 5.32 Å². The van der Waals surface area contributed by atoms with Gasteiger partial charge in [0.25, 0.3) is 0 Å². The first-order valence-electron chi connectivity index (χ1n) is 11.1. The Balaban J connectivity index is 2.30. The first-order chi connectivity index (χ1) is 13.5. The van der Waals surface area contributed by atoms with Crippen LogP contribution in [0.2, 0.25) is 0 Å². The zero-order chi connectivity index (χ0) is 20.8. The quantitative estimate of drug-likeness (QED) is 0.214. The second-order valence-corrected chi connectivity index (χ2v) is 8.09. The molecule has 0 aromatic carbocycles. The zero-order valence-electron chi connectivity index (χ0n) is 17.4. The lowest BCUT2D eigenvalue weighted by atomic mass is 9.88. The minimum atomic E-state index is -0.547. The van der Waals surface area contributed by atoms with E-state index in [4.69, 9.17) is 5.11 Å². The molecule has 0 unspecified atom stereocenters. The van der Waals surface area contributed by atoms with Crippen LogP contribution in [0.25, 0.3) is 0 Å². The van der Waals surface area contributed by atoms with Gasteiger partial charge in [-0.15, -0.1) is 0 Å². The zero-order valence-corrected chi connectivity index (χ0v) is 17.4. The second kappa shape index (κ2) is 15.0. The van der Waals surface area contributed by atoms with E-state index < -0.39 is 18.3 Å². The van der Waals surface area contributed by atoms with Gasteiger partial charge in [-0.3, -0.25) is 4.79 Å². The lowest BCUT2D eigenvalue weighted by molar-refractivity contribution is -0.121. The number of unbranched alkanes of at least 4 members (excludes halogenated alkanes) is 5. The van der Waals surface area contributed by atoms with Crippen molar-refractivity contribution in [1.82, 2.24) is 5.32 Å². The van der Waals surface area contributed by atoms with Gasteiger partial charge >= 0.3 is 0 Å². The van der Waals surface area contributed by atoms with Crippen molar-refractivity contribution in [3.05, 3.63) is 12.2 Å². The second-order valence-electron chi connectivity index (χ2n) is 8.09. The molecule has 6 nitrogen and oxygen atoms in total. The van der Waals surface area contributed by atoms with Crippen LogP contribution in [-0.2, 0) is 4.79 Å². The summed E-state index contributed by atoms with van der Waals surface area (Å²) in [6.07, 6.45) is 11.6. The van der Waals surface area contributed by atoms with Crippen LogP contribution in [0.1, 0.15) is 77.6 Å². The van der Waals surface area contributed by atoms with Crippen molar-refractivity contribution in [3.8, 4) is 0 Å². The third-order valence-corrected chi connectivity index (χ3v) is 5.70. The summed E-state index contributed by atoms with van der Waals surface area (Å²) in [4.78, 5) is 11.5. The van der Waals surface area contributed by atoms with Crippen LogP contribution in [-0.4, -0.2) is 57.8 Å². The molecule has 0 spiro atoms. The van der Waals surface area contributed by atoms with E-state index >= 15 is 0 Å². The molecule has 0 saturated heterocycles. The van der Waals surface area contributed by atoms with E-state index in [-0.39, 0.29) is 24.3 Å².